The number of halogens is 1. The molecule has 0 aliphatic heterocycles. The summed E-state index contributed by atoms with van der Waals surface area (Å²) in [5.74, 6) is -1.14. The Morgan fingerprint density at radius 3 is 2.76 bits per heavy atom. The van der Waals surface area contributed by atoms with Crippen LogP contribution in [0.25, 0.3) is 0 Å². The number of aryl methyl sites for hydroxylation is 1. The molecule has 1 atom stereocenters. The van der Waals surface area contributed by atoms with E-state index in [4.69, 9.17) is 9.26 Å². The summed E-state index contributed by atoms with van der Waals surface area (Å²) in [6, 6.07) is 6.55. The Bertz CT molecular complexity index is 668. The van der Waals surface area contributed by atoms with Crippen LogP contribution < -0.4 is 5.32 Å². The average molecular weight is 292 g/mol. The molecule has 0 aliphatic carbocycles. The summed E-state index contributed by atoms with van der Waals surface area (Å²) in [5.41, 5.74) is 0.0342. The largest absolute Gasteiger partial charge is 0.449 e. The van der Waals surface area contributed by atoms with Gasteiger partial charge in [-0.3, -0.25) is 4.79 Å². The molecular formula is C14H13FN2O4. The molecule has 110 valence electrons. The molecule has 0 aliphatic rings. The van der Waals surface area contributed by atoms with Crippen molar-refractivity contribution in [1.29, 1.82) is 0 Å². The topological polar surface area (TPSA) is 81.4 Å². The minimum atomic E-state index is -1.06. The predicted octanol–water partition coefficient (Wildman–Crippen LogP) is 2.31. The second-order valence-electron chi connectivity index (χ2n) is 4.37. The van der Waals surface area contributed by atoms with Crippen LogP contribution in [0, 0.1) is 12.7 Å². The van der Waals surface area contributed by atoms with Gasteiger partial charge in [0.15, 0.2) is 11.9 Å². The second kappa shape index (κ2) is 6.17. The molecule has 1 amide bonds. The van der Waals surface area contributed by atoms with Gasteiger partial charge in [0.1, 0.15) is 11.6 Å². The van der Waals surface area contributed by atoms with Gasteiger partial charge in [0.05, 0.1) is 5.56 Å². The van der Waals surface area contributed by atoms with Crippen LogP contribution in [0.15, 0.2) is 34.9 Å². The van der Waals surface area contributed by atoms with Crippen LogP contribution >= 0.6 is 0 Å². The van der Waals surface area contributed by atoms with Crippen molar-refractivity contribution >= 4 is 17.7 Å². The number of esters is 1. The van der Waals surface area contributed by atoms with E-state index in [1.165, 1.54) is 31.2 Å². The van der Waals surface area contributed by atoms with Gasteiger partial charge in [-0.2, -0.15) is 0 Å². The number of benzene rings is 1. The standard InChI is InChI=1S/C14H13FN2O4/c1-8-6-12(17-21-8)16-13(18)9(2)20-14(19)10-4-3-5-11(15)7-10/h3-7,9H,1-2H3,(H,16,17,18)/t9-/m0/s1. The van der Waals surface area contributed by atoms with Crippen LogP contribution in [-0.4, -0.2) is 23.1 Å². The molecule has 6 nitrogen and oxygen atoms in total. The Kier molecular flexibility index (Phi) is 4.32. The highest BCUT2D eigenvalue weighted by atomic mass is 19.1. The third-order valence-corrected chi connectivity index (χ3v) is 2.59. The van der Waals surface area contributed by atoms with E-state index < -0.39 is 23.8 Å². The van der Waals surface area contributed by atoms with Crippen LogP contribution in [-0.2, 0) is 9.53 Å². The molecule has 0 bridgehead atoms. The molecule has 0 saturated carbocycles. The predicted molar refractivity (Wildman–Crippen MR) is 71.1 cm³/mol. The van der Waals surface area contributed by atoms with Crippen LogP contribution in [0.4, 0.5) is 10.2 Å². The lowest BCUT2D eigenvalue weighted by molar-refractivity contribution is -0.123. The van der Waals surface area contributed by atoms with E-state index in [9.17, 15) is 14.0 Å². The zero-order chi connectivity index (χ0) is 15.4. The molecule has 0 spiro atoms. The monoisotopic (exact) mass is 292 g/mol. The third kappa shape index (κ3) is 3.88. The first-order valence-electron chi connectivity index (χ1n) is 6.16. The van der Waals surface area contributed by atoms with Gasteiger partial charge in [0, 0.05) is 6.07 Å². The molecule has 0 fully saturated rings. The highest BCUT2D eigenvalue weighted by molar-refractivity contribution is 5.96. The van der Waals surface area contributed by atoms with Crippen molar-refractivity contribution in [1.82, 2.24) is 5.16 Å². The van der Waals surface area contributed by atoms with E-state index in [0.29, 0.717) is 5.76 Å². The van der Waals surface area contributed by atoms with Crippen molar-refractivity contribution in [2.45, 2.75) is 20.0 Å². The van der Waals surface area contributed by atoms with Gasteiger partial charge in [-0.25, -0.2) is 9.18 Å². The van der Waals surface area contributed by atoms with Crippen molar-refractivity contribution in [2.24, 2.45) is 0 Å². The number of carbonyl (C=O) groups excluding carboxylic acids is 2. The maximum Gasteiger partial charge on any atom is 0.339 e. The molecule has 1 heterocycles. The summed E-state index contributed by atoms with van der Waals surface area (Å²) in [6.07, 6.45) is -1.06. The Morgan fingerprint density at radius 1 is 1.38 bits per heavy atom. The minimum absolute atomic E-state index is 0.0342. The molecular weight excluding hydrogens is 279 g/mol. The van der Waals surface area contributed by atoms with E-state index in [1.807, 2.05) is 0 Å². The lowest BCUT2D eigenvalue weighted by Crippen LogP contribution is -2.30. The highest BCUT2D eigenvalue weighted by Crippen LogP contribution is 2.10. The molecule has 1 aromatic carbocycles. The fourth-order valence-corrected chi connectivity index (χ4v) is 1.55. The van der Waals surface area contributed by atoms with E-state index in [2.05, 4.69) is 10.5 Å². The maximum atomic E-state index is 13.0. The number of carbonyl (C=O) groups is 2. The van der Waals surface area contributed by atoms with Crippen LogP contribution in [0.3, 0.4) is 0 Å². The van der Waals surface area contributed by atoms with E-state index >= 15 is 0 Å². The lowest BCUT2D eigenvalue weighted by atomic mass is 10.2. The molecule has 21 heavy (non-hydrogen) atoms. The molecule has 1 aromatic heterocycles. The van der Waals surface area contributed by atoms with Gasteiger partial charge in [-0.15, -0.1) is 0 Å². The number of hydrogen-bond acceptors (Lipinski definition) is 5. The molecule has 2 aromatic rings. The number of ether oxygens (including phenoxy) is 1. The first-order valence-corrected chi connectivity index (χ1v) is 6.16. The Labute approximate surface area is 119 Å². The van der Waals surface area contributed by atoms with Gasteiger partial charge in [-0.1, -0.05) is 11.2 Å². The number of rotatable bonds is 4. The highest BCUT2D eigenvalue weighted by Gasteiger charge is 2.20. The summed E-state index contributed by atoms with van der Waals surface area (Å²) in [7, 11) is 0. The van der Waals surface area contributed by atoms with Gasteiger partial charge >= 0.3 is 5.97 Å². The van der Waals surface area contributed by atoms with Gasteiger partial charge in [0.25, 0.3) is 5.91 Å². The van der Waals surface area contributed by atoms with Crippen molar-refractivity contribution < 1.29 is 23.2 Å². The smallest absolute Gasteiger partial charge is 0.339 e. The maximum absolute atomic E-state index is 13.0. The van der Waals surface area contributed by atoms with Crippen molar-refractivity contribution in [3.05, 3.63) is 47.5 Å². The van der Waals surface area contributed by atoms with E-state index in [-0.39, 0.29) is 11.4 Å². The lowest BCUT2D eigenvalue weighted by Gasteiger charge is -2.12. The molecule has 0 saturated heterocycles. The summed E-state index contributed by atoms with van der Waals surface area (Å²) >= 11 is 0. The summed E-state index contributed by atoms with van der Waals surface area (Å²) in [6.45, 7) is 3.08. The second-order valence-corrected chi connectivity index (χ2v) is 4.37. The number of anilines is 1. The summed E-state index contributed by atoms with van der Waals surface area (Å²) < 4.78 is 22.8. The fraction of sp³-hybridized carbons (Fsp3) is 0.214. The first kappa shape index (κ1) is 14.7. The Morgan fingerprint density at radius 2 is 2.14 bits per heavy atom. The molecule has 0 radical (unpaired) electrons. The molecule has 0 unspecified atom stereocenters. The third-order valence-electron chi connectivity index (χ3n) is 2.59. The zero-order valence-corrected chi connectivity index (χ0v) is 11.4. The van der Waals surface area contributed by atoms with E-state index in [0.717, 1.165) is 6.07 Å². The number of hydrogen-bond donors (Lipinski definition) is 1. The Hall–Kier alpha value is -2.70. The summed E-state index contributed by atoms with van der Waals surface area (Å²) in [4.78, 5) is 23.6. The SMILES string of the molecule is Cc1cc(NC(=O)[C@H](C)OC(=O)c2cccc(F)c2)no1. The van der Waals surface area contributed by atoms with E-state index in [1.54, 1.807) is 6.92 Å². The number of nitrogens with zero attached hydrogens (tertiary/aromatic N) is 1. The zero-order valence-electron chi connectivity index (χ0n) is 11.4. The van der Waals surface area contributed by atoms with Crippen LogP contribution in [0.2, 0.25) is 0 Å². The van der Waals surface area contributed by atoms with Crippen molar-refractivity contribution in [3.63, 3.8) is 0 Å². The summed E-state index contributed by atoms with van der Waals surface area (Å²) in [5, 5.41) is 6.03. The fourth-order valence-electron chi connectivity index (χ4n) is 1.55. The van der Waals surface area contributed by atoms with Gasteiger partial charge in [0.2, 0.25) is 0 Å². The minimum Gasteiger partial charge on any atom is -0.449 e. The number of nitrogens with one attached hydrogen (secondary N) is 1. The molecule has 7 heteroatoms. The quantitative estimate of drug-likeness (QED) is 0.874. The number of aromatic nitrogens is 1. The molecule has 1 N–H and O–H groups in total. The van der Waals surface area contributed by atoms with Crippen molar-refractivity contribution in [2.75, 3.05) is 5.32 Å². The van der Waals surface area contributed by atoms with Crippen molar-refractivity contribution in [3.8, 4) is 0 Å². The van der Waals surface area contributed by atoms with Gasteiger partial charge < -0.3 is 14.6 Å². The Balaban J connectivity index is 1.95. The van der Waals surface area contributed by atoms with Crippen LogP contribution in [0.1, 0.15) is 23.0 Å². The van der Waals surface area contributed by atoms with Crippen LogP contribution in [0.5, 0.6) is 0 Å². The number of amides is 1. The van der Waals surface area contributed by atoms with Gasteiger partial charge in [-0.05, 0) is 32.0 Å². The average Bonchev–Trinajstić information content (AvgIpc) is 2.84. The molecule has 2 rings (SSSR count). The first-order chi connectivity index (χ1) is 9.95. The normalized spacial score (nSPS) is 11.8.